The number of hydrogen-bond donors (Lipinski definition) is 1. The lowest BCUT2D eigenvalue weighted by atomic mass is 9.92. The molecule has 0 spiro atoms. The highest BCUT2D eigenvalue weighted by Gasteiger charge is 2.33. The molecule has 0 aliphatic carbocycles. The summed E-state index contributed by atoms with van der Waals surface area (Å²) in [5.41, 5.74) is -0.529. The van der Waals surface area contributed by atoms with Crippen LogP contribution < -0.4 is 0 Å². The summed E-state index contributed by atoms with van der Waals surface area (Å²) in [5, 5.41) is 8.52. The average Bonchev–Trinajstić information content (AvgIpc) is 2.24. The minimum atomic E-state index is -4.39. The number of halogens is 3. The summed E-state index contributed by atoms with van der Waals surface area (Å²) >= 11 is 0. The van der Waals surface area contributed by atoms with Crippen LogP contribution in [-0.4, -0.2) is 11.1 Å². The maximum absolute atomic E-state index is 12.7. The lowest BCUT2D eigenvalue weighted by Gasteiger charge is -2.17. The van der Waals surface area contributed by atoms with Crippen molar-refractivity contribution in [1.29, 1.82) is 0 Å². The van der Waals surface area contributed by atoms with Crippen LogP contribution in [0.1, 0.15) is 36.8 Å². The van der Waals surface area contributed by atoms with E-state index < -0.39 is 23.6 Å². The summed E-state index contributed by atoms with van der Waals surface area (Å²) in [6.07, 6.45) is -4.33. The van der Waals surface area contributed by atoms with Gasteiger partial charge in [-0.15, -0.1) is 0 Å². The van der Waals surface area contributed by atoms with Gasteiger partial charge in [-0.05, 0) is 24.0 Å². The van der Waals surface area contributed by atoms with Crippen molar-refractivity contribution in [2.45, 2.75) is 31.9 Å². The van der Waals surface area contributed by atoms with Gasteiger partial charge in [0.1, 0.15) is 0 Å². The van der Waals surface area contributed by atoms with Gasteiger partial charge in [0.2, 0.25) is 0 Å². The number of aliphatic carboxylic acids is 1. The first-order chi connectivity index (χ1) is 7.82. The Bertz CT molecular complexity index is 399. The fraction of sp³-hybridized carbons (Fsp3) is 0.417. The van der Waals surface area contributed by atoms with Gasteiger partial charge in [-0.2, -0.15) is 13.2 Å². The third-order valence-corrected chi connectivity index (χ3v) is 2.59. The third-order valence-electron chi connectivity index (χ3n) is 2.59. The van der Waals surface area contributed by atoms with Gasteiger partial charge in [-0.1, -0.05) is 25.1 Å². The van der Waals surface area contributed by atoms with Crippen molar-refractivity contribution in [2.24, 2.45) is 0 Å². The van der Waals surface area contributed by atoms with E-state index in [-0.39, 0.29) is 18.4 Å². The summed E-state index contributed by atoms with van der Waals surface area (Å²) in [7, 11) is 0. The minimum absolute atomic E-state index is 0.132. The average molecular weight is 246 g/mol. The van der Waals surface area contributed by atoms with Crippen LogP contribution in [0.3, 0.4) is 0 Å². The third kappa shape index (κ3) is 3.76. The van der Waals surface area contributed by atoms with Crippen LogP contribution in [0.2, 0.25) is 0 Å². The standard InChI is InChI=1S/C12H13F3O2/c1-8(6-7-11(16)17)9-4-2-3-5-10(9)12(13,14)15/h2-5,8H,6-7H2,1H3,(H,16,17). The van der Waals surface area contributed by atoms with Crippen molar-refractivity contribution in [2.75, 3.05) is 0 Å². The molecule has 0 radical (unpaired) electrons. The molecule has 1 unspecified atom stereocenters. The van der Waals surface area contributed by atoms with Gasteiger partial charge in [0, 0.05) is 6.42 Å². The Balaban J connectivity index is 2.93. The molecule has 94 valence electrons. The first-order valence-corrected chi connectivity index (χ1v) is 5.20. The first kappa shape index (κ1) is 13.5. The van der Waals surface area contributed by atoms with Crippen LogP contribution in [0.25, 0.3) is 0 Å². The molecule has 0 heterocycles. The molecular formula is C12H13F3O2. The van der Waals surface area contributed by atoms with Crippen molar-refractivity contribution in [3.8, 4) is 0 Å². The summed E-state index contributed by atoms with van der Waals surface area (Å²) in [5.74, 6) is -1.43. The highest BCUT2D eigenvalue weighted by molar-refractivity contribution is 5.66. The topological polar surface area (TPSA) is 37.3 Å². The molecule has 2 nitrogen and oxygen atoms in total. The van der Waals surface area contributed by atoms with E-state index in [1.165, 1.54) is 18.2 Å². The van der Waals surface area contributed by atoms with E-state index in [4.69, 9.17) is 5.11 Å². The van der Waals surface area contributed by atoms with Crippen molar-refractivity contribution in [1.82, 2.24) is 0 Å². The number of alkyl halides is 3. The van der Waals surface area contributed by atoms with Crippen LogP contribution in [0.4, 0.5) is 13.2 Å². The quantitative estimate of drug-likeness (QED) is 0.880. The van der Waals surface area contributed by atoms with E-state index in [1.807, 2.05) is 0 Å². The van der Waals surface area contributed by atoms with Gasteiger partial charge < -0.3 is 5.11 Å². The van der Waals surface area contributed by atoms with E-state index in [0.717, 1.165) is 6.07 Å². The van der Waals surface area contributed by atoms with Gasteiger partial charge in [0.25, 0.3) is 0 Å². The molecule has 1 aromatic carbocycles. The Morgan fingerprint density at radius 2 is 1.94 bits per heavy atom. The van der Waals surface area contributed by atoms with E-state index in [9.17, 15) is 18.0 Å². The molecule has 0 aromatic heterocycles. The number of hydrogen-bond acceptors (Lipinski definition) is 1. The molecule has 0 bridgehead atoms. The molecule has 0 saturated heterocycles. The Labute approximate surface area is 97.1 Å². The van der Waals surface area contributed by atoms with Crippen molar-refractivity contribution >= 4 is 5.97 Å². The maximum Gasteiger partial charge on any atom is 0.416 e. The molecule has 1 rings (SSSR count). The summed E-state index contributed by atoms with van der Waals surface area (Å²) in [6.45, 7) is 1.60. The maximum atomic E-state index is 12.7. The summed E-state index contributed by atoms with van der Waals surface area (Å²) < 4.78 is 38.1. The van der Waals surface area contributed by atoms with Gasteiger partial charge in [0.05, 0.1) is 5.56 Å². The molecule has 0 aliphatic rings. The second kappa shape index (κ2) is 5.21. The highest BCUT2D eigenvalue weighted by atomic mass is 19.4. The zero-order chi connectivity index (χ0) is 13.1. The minimum Gasteiger partial charge on any atom is -0.481 e. The Morgan fingerprint density at radius 3 is 2.47 bits per heavy atom. The number of rotatable bonds is 4. The molecule has 0 aliphatic heterocycles. The van der Waals surface area contributed by atoms with Crippen LogP contribution in [0.5, 0.6) is 0 Å². The van der Waals surface area contributed by atoms with E-state index in [1.54, 1.807) is 6.92 Å². The molecule has 1 aromatic rings. The molecular weight excluding hydrogens is 233 g/mol. The summed E-state index contributed by atoms with van der Waals surface area (Å²) in [4.78, 5) is 10.4. The van der Waals surface area contributed by atoms with Gasteiger partial charge >= 0.3 is 12.1 Å². The zero-order valence-electron chi connectivity index (χ0n) is 9.29. The van der Waals surface area contributed by atoms with Crippen LogP contribution in [0.15, 0.2) is 24.3 Å². The molecule has 1 atom stereocenters. The van der Waals surface area contributed by atoms with Gasteiger partial charge in [-0.3, -0.25) is 4.79 Å². The molecule has 17 heavy (non-hydrogen) atoms. The largest absolute Gasteiger partial charge is 0.481 e. The van der Waals surface area contributed by atoms with Crippen molar-refractivity contribution < 1.29 is 23.1 Å². The second-order valence-corrected chi connectivity index (χ2v) is 3.92. The number of carbonyl (C=O) groups is 1. The fourth-order valence-electron chi connectivity index (χ4n) is 1.68. The molecule has 0 saturated carbocycles. The SMILES string of the molecule is CC(CCC(=O)O)c1ccccc1C(F)(F)F. The van der Waals surface area contributed by atoms with Gasteiger partial charge in [-0.25, -0.2) is 0 Å². The van der Waals surface area contributed by atoms with Crippen LogP contribution in [-0.2, 0) is 11.0 Å². The number of benzene rings is 1. The lowest BCUT2D eigenvalue weighted by molar-refractivity contribution is -0.138. The Kier molecular flexibility index (Phi) is 4.15. The predicted molar refractivity (Wildman–Crippen MR) is 56.7 cm³/mol. The fourth-order valence-corrected chi connectivity index (χ4v) is 1.68. The van der Waals surface area contributed by atoms with Crippen molar-refractivity contribution in [3.63, 3.8) is 0 Å². The van der Waals surface area contributed by atoms with Crippen LogP contribution >= 0.6 is 0 Å². The summed E-state index contributed by atoms with van der Waals surface area (Å²) in [6, 6.07) is 5.28. The number of carboxylic acid groups (broad SMARTS) is 1. The van der Waals surface area contributed by atoms with E-state index in [0.29, 0.717) is 0 Å². The molecule has 0 fully saturated rings. The first-order valence-electron chi connectivity index (χ1n) is 5.20. The Morgan fingerprint density at radius 1 is 1.35 bits per heavy atom. The molecule has 5 heteroatoms. The monoisotopic (exact) mass is 246 g/mol. The number of carboxylic acids is 1. The second-order valence-electron chi connectivity index (χ2n) is 3.92. The molecule has 1 N–H and O–H groups in total. The smallest absolute Gasteiger partial charge is 0.416 e. The van der Waals surface area contributed by atoms with Gasteiger partial charge in [0.15, 0.2) is 0 Å². The Hall–Kier alpha value is -1.52. The lowest BCUT2D eigenvalue weighted by Crippen LogP contribution is -2.11. The normalized spacial score (nSPS) is 13.4. The van der Waals surface area contributed by atoms with E-state index in [2.05, 4.69) is 0 Å². The molecule has 0 amide bonds. The van der Waals surface area contributed by atoms with E-state index >= 15 is 0 Å². The van der Waals surface area contributed by atoms with Crippen LogP contribution in [0, 0.1) is 0 Å². The van der Waals surface area contributed by atoms with Crippen molar-refractivity contribution in [3.05, 3.63) is 35.4 Å². The predicted octanol–water partition coefficient (Wildman–Crippen LogP) is 3.67. The zero-order valence-corrected chi connectivity index (χ0v) is 9.29. The highest BCUT2D eigenvalue weighted by Crippen LogP contribution is 2.36.